The van der Waals surface area contributed by atoms with Crippen LogP contribution in [-0.2, 0) is 9.63 Å². The van der Waals surface area contributed by atoms with Crippen LogP contribution >= 0.6 is 11.3 Å². The molecule has 0 fully saturated rings. The molecule has 0 unspecified atom stereocenters. The number of primary amides is 1. The van der Waals surface area contributed by atoms with Crippen molar-refractivity contribution in [1.29, 1.82) is 0 Å². The zero-order valence-corrected chi connectivity index (χ0v) is 7.75. The highest BCUT2D eigenvalue weighted by atomic mass is 32.1. The van der Waals surface area contributed by atoms with Gasteiger partial charge in [-0.3, -0.25) is 4.79 Å². The maximum absolute atomic E-state index is 11.6. The van der Waals surface area contributed by atoms with Gasteiger partial charge < -0.3 is 16.3 Å². The van der Waals surface area contributed by atoms with Crippen molar-refractivity contribution in [1.82, 2.24) is 4.98 Å². The van der Waals surface area contributed by atoms with Gasteiger partial charge in [-0.1, -0.05) is 5.16 Å². The number of carbonyl (C=O) groups excluding carboxylic acids is 1. The van der Waals surface area contributed by atoms with Gasteiger partial charge in [0.2, 0.25) is 0 Å². The minimum absolute atomic E-state index is 0.174. The molecule has 0 atom stereocenters. The van der Waals surface area contributed by atoms with Crippen LogP contribution in [0.4, 0.5) is 9.52 Å². The zero-order valence-electron chi connectivity index (χ0n) is 6.94. The predicted octanol–water partition coefficient (Wildman–Crippen LogP) is -0.142. The van der Waals surface area contributed by atoms with E-state index in [-0.39, 0.29) is 16.5 Å². The molecule has 1 heterocycles. The van der Waals surface area contributed by atoms with Crippen LogP contribution in [0.3, 0.4) is 0 Å². The normalized spacial score (nSPS) is 11.4. The first-order chi connectivity index (χ1) is 6.65. The van der Waals surface area contributed by atoms with E-state index in [1.807, 2.05) is 0 Å². The van der Waals surface area contributed by atoms with Gasteiger partial charge in [0.15, 0.2) is 10.8 Å². The van der Waals surface area contributed by atoms with E-state index in [1.165, 1.54) is 5.38 Å². The standard InChI is InChI=1S/C6H7FN4O2S/c7-2-13-11-4(5(8)12)3-1-14-6(9)10-3/h1H,2H2,(H2,8,12)(H2,9,10). The Kier molecular flexibility index (Phi) is 3.35. The number of nitrogens with two attached hydrogens (primary N) is 2. The quantitative estimate of drug-likeness (QED) is 0.542. The smallest absolute Gasteiger partial charge is 0.273 e. The van der Waals surface area contributed by atoms with Crippen molar-refractivity contribution in [2.45, 2.75) is 0 Å². The summed E-state index contributed by atoms with van der Waals surface area (Å²) >= 11 is 1.11. The molecular formula is C6H7FN4O2S. The van der Waals surface area contributed by atoms with E-state index in [2.05, 4.69) is 15.0 Å². The molecule has 6 nitrogen and oxygen atoms in total. The molecule has 1 rings (SSSR count). The molecule has 0 aliphatic rings. The summed E-state index contributed by atoms with van der Waals surface area (Å²) in [6.45, 7) is -1.14. The van der Waals surface area contributed by atoms with Gasteiger partial charge >= 0.3 is 0 Å². The van der Waals surface area contributed by atoms with Crippen molar-refractivity contribution in [3.63, 3.8) is 0 Å². The van der Waals surface area contributed by atoms with Crippen molar-refractivity contribution >= 4 is 28.1 Å². The van der Waals surface area contributed by atoms with E-state index in [4.69, 9.17) is 11.5 Å². The first kappa shape index (κ1) is 10.4. The number of amides is 1. The number of anilines is 1. The Bertz CT molecular complexity index is 364. The molecule has 0 aromatic carbocycles. The van der Waals surface area contributed by atoms with Gasteiger partial charge in [0.05, 0.1) is 0 Å². The minimum Gasteiger partial charge on any atom is -0.375 e. The van der Waals surface area contributed by atoms with Crippen molar-refractivity contribution in [2.75, 3.05) is 12.6 Å². The van der Waals surface area contributed by atoms with Gasteiger partial charge in [0.1, 0.15) is 5.69 Å². The molecule has 0 bridgehead atoms. The highest BCUT2D eigenvalue weighted by Crippen LogP contribution is 2.11. The molecule has 8 heteroatoms. The third-order valence-corrected chi connectivity index (χ3v) is 1.88. The topological polar surface area (TPSA) is 104 Å². The average molecular weight is 218 g/mol. The lowest BCUT2D eigenvalue weighted by molar-refractivity contribution is -0.112. The van der Waals surface area contributed by atoms with Crippen LogP contribution in [-0.4, -0.2) is 23.5 Å². The van der Waals surface area contributed by atoms with Crippen molar-refractivity contribution in [3.05, 3.63) is 11.1 Å². The molecule has 4 N–H and O–H groups in total. The van der Waals surface area contributed by atoms with Crippen LogP contribution in [0.2, 0.25) is 0 Å². The van der Waals surface area contributed by atoms with E-state index < -0.39 is 12.8 Å². The summed E-state index contributed by atoms with van der Waals surface area (Å²) in [6.07, 6.45) is 0. The van der Waals surface area contributed by atoms with Gasteiger partial charge in [0, 0.05) is 5.38 Å². The highest BCUT2D eigenvalue weighted by molar-refractivity contribution is 7.13. The van der Waals surface area contributed by atoms with E-state index in [1.54, 1.807) is 0 Å². The Balaban J connectivity index is 2.94. The number of hydrogen-bond acceptors (Lipinski definition) is 6. The second-order valence-electron chi connectivity index (χ2n) is 2.11. The summed E-state index contributed by atoms with van der Waals surface area (Å²) in [5, 5.41) is 4.91. The summed E-state index contributed by atoms with van der Waals surface area (Å²) in [6, 6.07) is 0. The molecule has 0 saturated carbocycles. The number of rotatable bonds is 4. The van der Waals surface area contributed by atoms with E-state index >= 15 is 0 Å². The van der Waals surface area contributed by atoms with Gasteiger partial charge in [-0.05, 0) is 0 Å². The van der Waals surface area contributed by atoms with Gasteiger partial charge in [0.25, 0.3) is 12.8 Å². The van der Waals surface area contributed by atoms with Crippen molar-refractivity contribution in [3.8, 4) is 0 Å². The summed E-state index contributed by atoms with van der Waals surface area (Å²) in [4.78, 5) is 18.6. The summed E-state index contributed by atoms with van der Waals surface area (Å²) < 4.78 is 11.6. The largest absolute Gasteiger partial charge is 0.375 e. The highest BCUT2D eigenvalue weighted by Gasteiger charge is 2.14. The molecule has 1 amide bonds. The maximum Gasteiger partial charge on any atom is 0.273 e. The first-order valence-electron chi connectivity index (χ1n) is 3.42. The lowest BCUT2D eigenvalue weighted by atomic mass is 10.3. The number of nitrogens with zero attached hydrogens (tertiary/aromatic N) is 2. The molecule has 1 aromatic heterocycles. The van der Waals surface area contributed by atoms with Crippen LogP contribution in [0.5, 0.6) is 0 Å². The fraction of sp³-hybridized carbons (Fsp3) is 0.167. The third-order valence-electron chi connectivity index (χ3n) is 1.20. The number of oxime groups is 1. The Morgan fingerprint density at radius 3 is 2.93 bits per heavy atom. The second kappa shape index (κ2) is 4.51. The number of nitrogen functional groups attached to an aromatic ring is 1. The molecule has 14 heavy (non-hydrogen) atoms. The Morgan fingerprint density at radius 1 is 1.79 bits per heavy atom. The third kappa shape index (κ3) is 2.39. The SMILES string of the molecule is NC(=O)C(=NOCF)c1csc(N)n1. The van der Waals surface area contributed by atoms with Crippen LogP contribution in [0.1, 0.15) is 5.69 Å². The maximum atomic E-state index is 11.6. The summed E-state index contributed by atoms with van der Waals surface area (Å²) in [5.41, 5.74) is 10.2. The Morgan fingerprint density at radius 2 is 2.50 bits per heavy atom. The number of halogens is 1. The van der Waals surface area contributed by atoms with Crippen LogP contribution in [0.25, 0.3) is 0 Å². The summed E-state index contributed by atoms with van der Waals surface area (Å²) in [7, 11) is 0. The van der Waals surface area contributed by atoms with E-state index in [0.717, 1.165) is 11.3 Å². The Labute approximate surface area is 82.4 Å². The zero-order chi connectivity index (χ0) is 10.6. The monoisotopic (exact) mass is 218 g/mol. The number of alkyl halides is 1. The molecule has 76 valence electrons. The molecule has 0 radical (unpaired) electrons. The van der Waals surface area contributed by atoms with Crippen LogP contribution in [0, 0.1) is 0 Å². The van der Waals surface area contributed by atoms with Gasteiger partial charge in [-0.15, -0.1) is 11.3 Å². The average Bonchev–Trinajstić information content (AvgIpc) is 2.52. The molecule has 0 saturated heterocycles. The fourth-order valence-corrected chi connectivity index (χ4v) is 1.25. The van der Waals surface area contributed by atoms with Crippen molar-refractivity contribution < 1.29 is 14.0 Å². The number of hydrogen-bond donors (Lipinski definition) is 2. The first-order valence-corrected chi connectivity index (χ1v) is 4.30. The van der Waals surface area contributed by atoms with Crippen LogP contribution < -0.4 is 11.5 Å². The Hall–Kier alpha value is -1.70. The molecule has 0 aliphatic heterocycles. The lowest BCUT2D eigenvalue weighted by Crippen LogP contribution is -2.25. The van der Waals surface area contributed by atoms with Gasteiger partial charge in [-0.25, -0.2) is 9.37 Å². The second-order valence-corrected chi connectivity index (χ2v) is 3.00. The molecule has 0 aliphatic carbocycles. The molecular weight excluding hydrogens is 211 g/mol. The molecule has 0 spiro atoms. The van der Waals surface area contributed by atoms with Crippen LogP contribution in [0.15, 0.2) is 10.5 Å². The minimum atomic E-state index is -1.14. The number of thiazole rings is 1. The summed E-state index contributed by atoms with van der Waals surface area (Å²) in [5.74, 6) is -0.858. The van der Waals surface area contributed by atoms with E-state index in [0.29, 0.717) is 0 Å². The fourth-order valence-electron chi connectivity index (χ4n) is 0.703. The number of aromatic nitrogens is 1. The number of carbonyl (C=O) groups is 1. The van der Waals surface area contributed by atoms with Gasteiger partial charge in [-0.2, -0.15) is 0 Å². The van der Waals surface area contributed by atoms with E-state index in [9.17, 15) is 9.18 Å². The van der Waals surface area contributed by atoms with Crippen molar-refractivity contribution in [2.24, 2.45) is 10.9 Å². The predicted molar refractivity (Wildman–Crippen MR) is 49.3 cm³/mol. The molecule has 1 aromatic rings. The lowest BCUT2D eigenvalue weighted by Gasteiger charge is -1.96.